The zero-order chi connectivity index (χ0) is 26.1. The molecular weight excluding hydrogens is 660 g/mol. The average Bonchev–Trinajstić information content (AvgIpc) is 3.20. The van der Waals surface area contributed by atoms with E-state index in [0.29, 0.717) is 0 Å². The van der Waals surface area contributed by atoms with Gasteiger partial charge in [0.15, 0.2) is 0 Å². The first-order valence-electron chi connectivity index (χ1n) is 12.6. The second-order valence-corrected chi connectivity index (χ2v) is 9.87. The van der Waals surface area contributed by atoms with Crippen molar-refractivity contribution in [1.29, 1.82) is 0 Å². The van der Waals surface area contributed by atoms with E-state index in [-0.39, 0.29) is 31.3 Å². The Hall–Kier alpha value is -3.98. The summed E-state index contributed by atoms with van der Waals surface area (Å²) >= 11 is 0. The molecule has 1 aliphatic carbocycles. The smallest absolute Gasteiger partial charge is 0.0595 e. The van der Waals surface area contributed by atoms with Crippen LogP contribution in [0.15, 0.2) is 115 Å². The normalized spacial score (nSPS) is 12.5. The Morgan fingerprint density at radius 2 is 1.44 bits per heavy atom. The summed E-state index contributed by atoms with van der Waals surface area (Å²) in [6, 6.07) is 41.8. The summed E-state index contributed by atoms with van der Waals surface area (Å²) in [6.07, 6.45) is 1.70. The predicted molar refractivity (Wildman–Crippen MR) is 152 cm³/mol. The molecule has 0 atom stereocenters. The monoisotopic (exact) mass is 685 g/mol. The molecule has 0 unspecified atom stereocenters. The third-order valence-corrected chi connectivity index (χ3v) is 7.10. The summed E-state index contributed by atoms with van der Waals surface area (Å²) < 4.78 is 12.6. The number of hydrogen-bond donors (Lipinski definition) is 0. The Morgan fingerprint density at radius 1 is 0.667 bits per heavy atom. The minimum atomic E-state index is -0.278. The molecule has 193 valence electrons. The predicted octanol–water partition coefficient (Wildman–Crippen LogP) is 8.69. The molecule has 4 heteroatoms. The van der Waals surface area contributed by atoms with Crippen LogP contribution in [0.4, 0.5) is 4.39 Å². The van der Waals surface area contributed by atoms with Crippen LogP contribution < -0.4 is 0 Å². The maximum atomic E-state index is 12.6. The summed E-state index contributed by atoms with van der Waals surface area (Å²) in [6.45, 7) is 4.60. The Balaban J connectivity index is 0.000000187. The van der Waals surface area contributed by atoms with Crippen LogP contribution in [-0.2, 0) is 25.5 Å². The first kappa shape index (κ1) is 26.6. The Bertz CT molecular complexity index is 1750. The van der Waals surface area contributed by atoms with E-state index < -0.39 is 0 Å². The molecule has 2 heterocycles. The van der Waals surface area contributed by atoms with Crippen molar-refractivity contribution in [3.8, 4) is 33.6 Å². The number of para-hydroxylation sites is 1. The molecule has 0 saturated carbocycles. The van der Waals surface area contributed by atoms with Gasteiger partial charge in [-0.3, -0.25) is 9.37 Å². The van der Waals surface area contributed by atoms with Gasteiger partial charge in [-0.1, -0.05) is 91.7 Å². The van der Waals surface area contributed by atoms with Gasteiger partial charge in [-0.05, 0) is 39.9 Å². The maximum absolute atomic E-state index is 12.6. The number of pyridine rings is 2. The van der Waals surface area contributed by atoms with Crippen molar-refractivity contribution in [3.05, 3.63) is 144 Å². The van der Waals surface area contributed by atoms with Gasteiger partial charge in [0.05, 0.1) is 5.52 Å². The van der Waals surface area contributed by atoms with Gasteiger partial charge in [0.2, 0.25) is 0 Å². The van der Waals surface area contributed by atoms with Crippen molar-refractivity contribution < 1.29 is 24.5 Å². The number of halogens is 1. The second-order valence-electron chi connectivity index (χ2n) is 9.87. The fourth-order valence-corrected chi connectivity index (χ4v) is 5.09. The molecule has 6 aromatic rings. The van der Waals surface area contributed by atoms with Gasteiger partial charge >= 0.3 is 0 Å². The van der Waals surface area contributed by atoms with Crippen molar-refractivity contribution in [2.45, 2.75) is 19.3 Å². The van der Waals surface area contributed by atoms with Gasteiger partial charge in [-0.2, -0.15) is 0 Å². The van der Waals surface area contributed by atoms with E-state index in [0.717, 1.165) is 28.0 Å². The third kappa shape index (κ3) is 5.18. The molecule has 39 heavy (non-hydrogen) atoms. The van der Waals surface area contributed by atoms with Crippen LogP contribution in [0.25, 0.3) is 44.5 Å². The number of aromatic nitrogens is 2. The molecule has 7 rings (SSSR count). The molecular formula is C35H25FIrN2-2. The first-order valence-corrected chi connectivity index (χ1v) is 12.6. The average molecular weight is 685 g/mol. The van der Waals surface area contributed by atoms with E-state index in [2.05, 4.69) is 91.6 Å². The zero-order valence-corrected chi connectivity index (χ0v) is 24.0. The minimum absolute atomic E-state index is 0. The van der Waals surface area contributed by atoms with E-state index in [1.54, 1.807) is 12.3 Å². The molecule has 0 amide bonds. The molecule has 1 aliphatic rings. The Labute approximate surface area is 242 Å². The molecule has 4 aromatic carbocycles. The summed E-state index contributed by atoms with van der Waals surface area (Å²) in [5.41, 5.74) is 10.1. The fraction of sp³-hybridized carbons (Fsp3) is 0.0857. The van der Waals surface area contributed by atoms with Gasteiger partial charge in [-0.25, -0.2) is 0 Å². The van der Waals surface area contributed by atoms with Gasteiger partial charge in [0.1, 0.15) is 0 Å². The van der Waals surface area contributed by atoms with Crippen LogP contribution in [0.3, 0.4) is 0 Å². The van der Waals surface area contributed by atoms with Crippen LogP contribution in [0.1, 0.15) is 25.0 Å². The molecule has 0 N–H and O–H groups in total. The first-order chi connectivity index (χ1) is 18.5. The molecule has 0 spiro atoms. The fourth-order valence-electron chi connectivity index (χ4n) is 5.09. The SMILES string of the molecule is CC1(C)c2ccccc2-c2c[c-]c(-c3ccc4ccccc4n3)cc21.Fc1c[c-]c(-c2ccccn2)cc1.[Ir]. The summed E-state index contributed by atoms with van der Waals surface area (Å²) in [7, 11) is 0. The standard InChI is InChI=1S/C24H18N.C11H7FN.Ir/c1-24(2)20-9-5-4-8-18(20)19-13-11-17(15-21(19)24)23-14-12-16-7-3-6-10-22(16)25-23;12-10-6-4-9(5-7-10)11-3-1-2-8-13-11;/h3-10,12-15H,1-2H3;1-4,6-8H;/q2*-1;. The van der Waals surface area contributed by atoms with Gasteiger partial charge < -0.3 is 4.98 Å². The van der Waals surface area contributed by atoms with E-state index >= 15 is 0 Å². The largest absolute Gasteiger partial charge is 0.305 e. The summed E-state index contributed by atoms with van der Waals surface area (Å²) in [4.78, 5) is 8.96. The molecule has 1 radical (unpaired) electrons. The number of rotatable bonds is 2. The third-order valence-electron chi connectivity index (χ3n) is 7.10. The maximum Gasteiger partial charge on any atom is 0.0595 e. The van der Waals surface area contributed by atoms with Crippen LogP contribution in [0.5, 0.6) is 0 Å². The number of hydrogen-bond acceptors (Lipinski definition) is 2. The van der Waals surface area contributed by atoms with Gasteiger partial charge in [-0.15, -0.1) is 59.2 Å². The van der Waals surface area contributed by atoms with E-state index in [9.17, 15) is 4.39 Å². The zero-order valence-electron chi connectivity index (χ0n) is 21.6. The topological polar surface area (TPSA) is 25.8 Å². The Kier molecular flexibility index (Phi) is 7.52. The molecule has 0 saturated heterocycles. The summed E-state index contributed by atoms with van der Waals surface area (Å²) in [5, 5.41) is 1.17. The van der Waals surface area contributed by atoms with Gasteiger partial charge in [0.25, 0.3) is 0 Å². The molecule has 2 nitrogen and oxygen atoms in total. The summed E-state index contributed by atoms with van der Waals surface area (Å²) in [5.74, 6) is -0.278. The van der Waals surface area contributed by atoms with Crippen molar-refractivity contribution in [2.75, 3.05) is 0 Å². The van der Waals surface area contributed by atoms with E-state index in [1.165, 1.54) is 39.8 Å². The van der Waals surface area contributed by atoms with Crippen molar-refractivity contribution >= 4 is 10.9 Å². The minimum Gasteiger partial charge on any atom is -0.305 e. The van der Waals surface area contributed by atoms with Crippen LogP contribution in [0.2, 0.25) is 0 Å². The molecule has 0 aliphatic heterocycles. The van der Waals surface area contributed by atoms with Crippen LogP contribution >= 0.6 is 0 Å². The molecule has 0 fully saturated rings. The molecule has 0 bridgehead atoms. The van der Waals surface area contributed by atoms with Crippen LogP contribution in [0, 0.1) is 17.9 Å². The quantitative estimate of drug-likeness (QED) is 0.171. The Morgan fingerprint density at radius 3 is 2.23 bits per heavy atom. The van der Waals surface area contributed by atoms with Crippen molar-refractivity contribution in [2.24, 2.45) is 0 Å². The van der Waals surface area contributed by atoms with E-state index in [1.807, 2.05) is 30.3 Å². The van der Waals surface area contributed by atoms with Crippen molar-refractivity contribution in [3.63, 3.8) is 0 Å². The second kappa shape index (κ2) is 11.0. The van der Waals surface area contributed by atoms with Crippen LogP contribution in [-0.4, -0.2) is 9.97 Å². The van der Waals surface area contributed by atoms with E-state index in [4.69, 9.17) is 4.98 Å². The molecule has 2 aromatic heterocycles. The number of nitrogens with zero attached hydrogens (tertiary/aromatic N) is 2. The van der Waals surface area contributed by atoms with Crippen molar-refractivity contribution in [1.82, 2.24) is 9.97 Å². The van der Waals surface area contributed by atoms with Gasteiger partial charge in [0, 0.05) is 32.1 Å². The number of fused-ring (bicyclic) bond motifs is 4. The number of benzene rings is 4.